The third-order valence-electron chi connectivity index (χ3n) is 5.49. The molecular weight excluding hydrogens is 322 g/mol. The summed E-state index contributed by atoms with van der Waals surface area (Å²) in [6.45, 7) is 8.68. The number of imidazole rings is 1. The first-order valence-electron chi connectivity index (χ1n) is 9.55. The standard InChI is InChI=1S/C21H25N5/c1-21(2,3)20-24-16-6-4-5-7-18(16)26(20)15-11-25(12-15)19-10-17(14-8-9-14)22-13-23-19/h4-7,10,13-15H,8-9,11-12H2,1-3H3. The zero-order valence-corrected chi connectivity index (χ0v) is 15.7. The summed E-state index contributed by atoms with van der Waals surface area (Å²) in [5.74, 6) is 2.91. The molecule has 1 saturated carbocycles. The third-order valence-corrected chi connectivity index (χ3v) is 5.49. The van der Waals surface area contributed by atoms with Crippen LogP contribution >= 0.6 is 0 Å². The van der Waals surface area contributed by atoms with Crippen molar-refractivity contribution in [2.45, 2.75) is 51.0 Å². The van der Waals surface area contributed by atoms with Crippen molar-refractivity contribution in [2.75, 3.05) is 18.0 Å². The predicted molar refractivity (Wildman–Crippen MR) is 104 cm³/mol. The van der Waals surface area contributed by atoms with Gasteiger partial charge in [-0.25, -0.2) is 15.0 Å². The fourth-order valence-electron chi connectivity index (χ4n) is 3.89. The van der Waals surface area contributed by atoms with Crippen molar-refractivity contribution < 1.29 is 0 Å². The molecule has 0 radical (unpaired) electrons. The van der Waals surface area contributed by atoms with Crippen LogP contribution < -0.4 is 4.90 Å². The van der Waals surface area contributed by atoms with Gasteiger partial charge in [0.05, 0.1) is 17.1 Å². The lowest BCUT2D eigenvalue weighted by Crippen LogP contribution is -2.49. The summed E-state index contributed by atoms with van der Waals surface area (Å²) < 4.78 is 2.45. The van der Waals surface area contributed by atoms with Crippen LogP contribution in [0.1, 0.15) is 57.1 Å². The molecule has 1 aliphatic carbocycles. The molecule has 1 aliphatic heterocycles. The van der Waals surface area contributed by atoms with Gasteiger partial charge in [0.2, 0.25) is 0 Å². The van der Waals surface area contributed by atoms with E-state index < -0.39 is 0 Å². The van der Waals surface area contributed by atoms with E-state index in [4.69, 9.17) is 4.98 Å². The number of hydrogen-bond acceptors (Lipinski definition) is 4. The molecule has 26 heavy (non-hydrogen) atoms. The van der Waals surface area contributed by atoms with E-state index in [0.717, 1.165) is 24.4 Å². The molecule has 3 heterocycles. The number of nitrogens with zero attached hydrogens (tertiary/aromatic N) is 5. The van der Waals surface area contributed by atoms with Crippen LogP contribution in [0, 0.1) is 0 Å². The molecule has 5 nitrogen and oxygen atoms in total. The lowest BCUT2D eigenvalue weighted by molar-refractivity contribution is 0.371. The molecule has 2 fully saturated rings. The number of anilines is 1. The zero-order valence-electron chi connectivity index (χ0n) is 15.7. The summed E-state index contributed by atoms with van der Waals surface area (Å²) >= 11 is 0. The zero-order chi connectivity index (χ0) is 17.9. The second-order valence-corrected chi connectivity index (χ2v) is 8.68. The van der Waals surface area contributed by atoms with Crippen molar-refractivity contribution in [3.05, 3.63) is 48.2 Å². The van der Waals surface area contributed by atoms with E-state index >= 15 is 0 Å². The minimum atomic E-state index is 0.0213. The number of fused-ring (bicyclic) bond motifs is 1. The average Bonchev–Trinajstić information content (AvgIpc) is 3.35. The fourth-order valence-corrected chi connectivity index (χ4v) is 3.89. The number of rotatable bonds is 3. The van der Waals surface area contributed by atoms with Gasteiger partial charge < -0.3 is 9.47 Å². The number of hydrogen-bond donors (Lipinski definition) is 0. The summed E-state index contributed by atoms with van der Waals surface area (Å²) in [4.78, 5) is 16.3. The van der Waals surface area contributed by atoms with Gasteiger partial charge >= 0.3 is 0 Å². The Balaban J connectivity index is 1.45. The molecule has 0 spiro atoms. The molecule has 5 heteroatoms. The largest absolute Gasteiger partial charge is 0.352 e. The van der Waals surface area contributed by atoms with E-state index in [9.17, 15) is 0 Å². The highest BCUT2D eigenvalue weighted by molar-refractivity contribution is 5.76. The maximum absolute atomic E-state index is 4.95. The van der Waals surface area contributed by atoms with E-state index in [1.165, 1.54) is 29.9 Å². The summed E-state index contributed by atoms with van der Waals surface area (Å²) in [6, 6.07) is 11.1. The molecule has 0 bridgehead atoms. The molecule has 1 aromatic carbocycles. The summed E-state index contributed by atoms with van der Waals surface area (Å²) in [7, 11) is 0. The van der Waals surface area contributed by atoms with Crippen LogP contribution in [0.3, 0.4) is 0 Å². The van der Waals surface area contributed by atoms with Crippen molar-refractivity contribution in [3.8, 4) is 0 Å². The van der Waals surface area contributed by atoms with Crippen LogP contribution in [0.2, 0.25) is 0 Å². The van der Waals surface area contributed by atoms with Gasteiger partial charge in [0, 0.05) is 36.2 Å². The monoisotopic (exact) mass is 347 g/mol. The Bertz CT molecular complexity index is 958. The average molecular weight is 347 g/mol. The predicted octanol–water partition coefficient (Wildman–Crippen LogP) is 4.06. The van der Waals surface area contributed by atoms with Crippen LogP contribution in [-0.4, -0.2) is 32.6 Å². The topological polar surface area (TPSA) is 46.8 Å². The maximum Gasteiger partial charge on any atom is 0.132 e. The van der Waals surface area contributed by atoms with E-state index in [2.05, 4.69) is 70.5 Å². The minimum absolute atomic E-state index is 0.0213. The lowest BCUT2D eigenvalue weighted by Gasteiger charge is -2.42. The van der Waals surface area contributed by atoms with E-state index in [1.54, 1.807) is 6.33 Å². The number of para-hydroxylation sites is 2. The third kappa shape index (κ3) is 2.57. The molecule has 5 rings (SSSR count). The highest BCUT2D eigenvalue weighted by atomic mass is 15.3. The molecule has 0 unspecified atom stereocenters. The number of aromatic nitrogens is 4. The molecule has 3 aromatic rings. The van der Waals surface area contributed by atoms with Crippen molar-refractivity contribution >= 4 is 16.9 Å². The van der Waals surface area contributed by atoms with Gasteiger partial charge in [0.1, 0.15) is 18.0 Å². The van der Waals surface area contributed by atoms with E-state index in [0.29, 0.717) is 12.0 Å². The molecule has 1 saturated heterocycles. The van der Waals surface area contributed by atoms with Gasteiger partial charge in [-0.2, -0.15) is 0 Å². The van der Waals surface area contributed by atoms with Gasteiger partial charge in [0.25, 0.3) is 0 Å². The van der Waals surface area contributed by atoms with Crippen LogP contribution in [-0.2, 0) is 5.41 Å². The minimum Gasteiger partial charge on any atom is -0.352 e. The Kier molecular flexibility index (Phi) is 3.36. The molecule has 0 atom stereocenters. The normalized spacial score (nSPS) is 18.3. The van der Waals surface area contributed by atoms with Crippen molar-refractivity contribution in [1.82, 2.24) is 19.5 Å². The van der Waals surface area contributed by atoms with Crippen LogP contribution in [0.5, 0.6) is 0 Å². The molecule has 2 aromatic heterocycles. The highest BCUT2D eigenvalue weighted by Crippen LogP contribution is 2.40. The Morgan fingerprint density at radius 2 is 1.81 bits per heavy atom. The molecule has 0 N–H and O–H groups in total. The Morgan fingerprint density at radius 1 is 1.04 bits per heavy atom. The van der Waals surface area contributed by atoms with Crippen molar-refractivity contribution in [1.29, 1.82) is 0 Å². The van der Waals surface area contributed by atoms with Crippen molar-refractivity contribution in [3.63, 3.8) is 0 Å². The first-order chi connectivity index (χ1) is 12.5. The Morgan fingerprint density at radius 3 is 2.54 bits per heavy atom. The first kappa shape index (κ1) is 15.8. The highest BCUT2D eigenvalue weighted by Gasteiger charge is 2.35. The molecular formula is C21H25N5. The smallest absolute Gasteiger partial charge is 0.132 e. The summed E-state index contributed by atoms with van der Waals surface area (Å²) in [5, 5.41) is 0. The second-order valence-electron chi connectivity index (χ2n) is 8.68. The first-order valence-corrected chi connectivity index (χ1v) is 9.55. The van der Waals surface area contributed by atoms with Gasteiger partial charge in [-0.05, 0) is 25.0 Å². The molecule has 134 valence electrons. The van der Waals surface area contributed by atoms with Gasteiger partial charge in [-0.15, -0.1) is 0 Å². The SMILES string of the molecule is CC(C)(C)c1nc2ccccc2n1C1CN(c2cc(C3CC3)ncn2)C1. The van der Waals surface area contributed by atoms with Gasteiger partial charge in [-0.1, -0.05) is 32.9 Å². The summed E-state index contributed by atoms with van der Waals surface area (Å²) in [6.07, 6.45) is 4.27. The van der Waals surface area contributed by atoms with Gasteiger partial charge in [0.15, 0.2) is 0 Å². The Labute approximate surface area is 154 Å². The van der Waals surface area contributed by atoms with Crippen LogP contribution in [0.4, 0.5) is 5.82 Å². The molecule has 0 amide bonds. The molecule has 2 aliphatic rings. The summed E-state index contributed by atoms with van der Waals surface area (Å²) in [5.41, 5.74) is 3.56. The second kappa shape index (κ2) is 5.53. The Hall–Kier alpha value is -2.43. The van der Waals surface area contributed by atoms with Crippen LogP contribution in [0.25, 0.3) is 11.0 Å². The number of benzene rings is 1. The van der Waals surface area contributed by atoms with Crippen molar-refractivity contribution in [2.24, 2.45) is 0 Å². The van der Waals surface area contributed by atoms with E-state index in [1.807, 2.05) is 0 Å². The lowest BCUT2D eigenvalue weighted by atomic mass is 9.94. The fraction of sp³-hybridized carbons (Fsp3) is 0.476. The maximum atomic E-state index is 4.95. The quantitative estimate of drug-likeness (QED) is 0.717. The van der Waals surface area contributed by atoms with Gasteiger partial charge in [-0.3, -0.25) is 0 Å². The van der Waals surface area contributed by atoms with E-state index in [-0.39, 0.29) is 5.41 Å². The van der Waals surface area contributed by atoms with Crippen LogP contribution in [0.15, 0.2) is 36.7 Å².